The monoisotopic (exact) mass is 532 g/mol. The van der Waals surface area contributed by atoms with E-state index in [1.54, 1.807) is 25.5 Å². The summed E-state index contributed by atoms with van der Waals surface area (Å²) in [5.74, 6) is 0.697. The van der Waals surface area contributed by atoms with Gasteiger partial charge in [-0.3, -0.25) is 0 Å². The summed E-state index contributed by atoms with van der Waals surface area (Å²) in [6.07, 6.45) is 4.36. The Labute approximate surface area is 222 Å². The van der Waals surface area contributed by atoms with Gasteiger partial charge in [-0.2, -0.15) is 5.10 Å². The molecule has 7 heteroatoms. The first kappa shape index (κ1) is 26.5. The Bertz CT molecular complexity index is 1260. The largest absolute Gasteiger partial charge is 0.497 e. The third-order valence-corrected chi connectivity index (χ3v) is 6.43. The summed E-state index contributed by atoms with van der Waals surface area (Å²) in [6.45, 7) is 5.15. The summed E-state index contributed by atoms with van der Waals surface area (Å²) in [4.78, 5) is 2.28. The summed E-state index contributed by atoms with van der Waals surface area (Å²) in [5, 5.41) is 19.0. The zero-order chi connectivity index (χ0) is 24.1. The smallest absolute Gasteiger partial charge is 0.238 e. The predicted molar refractivity (Wildman–Crippen MR) is 141 cm³/mol. The van der Waals surface area contributed by atoms with Gasteiger partial charge in [0.2, 0.25) is 5.90 Å². The Kier molecular flexibility index (Phi) is 8.78. The van der Waals surface area contributed by atoms with Crippen molar-refractivity contribution in [3.8, 4) is 5.75 Å². The van der Waals surface area contributed by atoms with Gasteiger partial charge in [0.25, 0.3) is 0 Å². The van der Waals surface area contributed by atoms with Crippen molar-refractivity contribution in [2.45, 2.75) is 25.7 Å². The first-order valence-electron chi connectivity index (χ1n) is 11.2. The van der Waals surface area contributed by atoms with Crippen LogP contribution in [0.25, 0.3) is 0 Å². The number of methoxy groups -OCH3 is 1. The van der Waals surface area contributed by atoms with Gasteiger partial charge >= 0.3 is 0 Å². The van der Waals surface area contributed by atoms with Crippen LogP contribution in [0.15, 0.2) is 94.8 Å². The van der Waals surface area contributed by atoms with Gasteiger partial charge in [0, 0.05) is 50.7 Å². The van der Waals surface area contributed by atoms with Crippen LogP contribution in [0.1, 0.15) is 30.5 Å². The average molecular weight is 533 g/mol. The van der Waals surface area contributed by atoms with Crippen molar-refractivity contribution >= 4 is 29.4 Å². The molecule has 0 fully saturated rings. The predicted octanol–water partition coefficient (Wildman–Crippen LogP) is 6.56. The van der Waals surface area contributed by atoms with E-state index in [2.05, 4.69) is 47.1 Å². The quantitative estimate of drug-likeness (QED) is 0.213. The number of ether oxygens (including phenoxy) is 1. The van der Waals surface area contributed by atoms with Gasteiger partial charge in [0.15, 0.2) is 0 Å². The summed E-state index contributed by atoms with van der Waals surface area (Å²) in [6, 6.07) is 23.3. The average Bonchev–Trinajstić information content (AvgIpc) is 3.08. The van der Waals surface area contributed by atoms with E-state index >= 15 is 0 Å². The van der Waals surface area contributed by atoms with E-state index in [4.69, 9.17) is 16.3 Å². The van der Waals surface area contributed by atoms with Crippen molar-refractivity contribution in [2.24, 2.45) is 10.2 Å². The van der Waals surface area contributed by atoms with Crippen molar-refractivity contribution in [2.75, 3.05) is 18.6 Å². The van der Waals surface area contributed by atoms with Crippen LogP contribution in [-0.2, 0) is 28.6 Å². The van der Waals surface area contributed by atoms with Crippen LogP contribution < -0.4 is 9.64 Å². The molecule has 1 aliphatic heterocycles. The molecule has 0 saturated heterocycles. The van der Waals surface area contributed by atoms with Crippen LogP contribution in [0.5, 0.6) is 5.75 Å². The summed E-state index contributed by atoms with van der Waals surface area (Å²) < 4.78 is 5.54. The fraction of sp³-hybridized carbons (Fsp3) is 0.214. The molecule has 0 aliphatic carbocycles. The Balaban J connectivity index is 0.00000342. The molecule has 3 aromatic rings. The van der Waals surface area contributed by atoms with Crippen molar-refractivity contribution in [3.63, 3.8) is 0 Å². The van der Waals surface area contributed by atoms with E-state index in [1.165, 1.54) is 5.56 Å². The zero-order valence-electron chi connectivity index (χ0n) is 19.9. The molecule has 35 heavy (non-hydrogen) atoms. The number of aliphatic hydroxyl groups excluding tert-OH is 1. The molecule has 4 rings (SSSR count). The van der Waals surface area contributed by atoms with E-state index in [9.17, 15) is 5.11 Å². The maximum Gasteiger partial charge on any atom is 0.238 e. The molecule has 0 bridgehead atoms. The van der Waals surface area contributed by atoms with Crippen molar-refractivity contribution < 1.29 is 26.6 Å². The van der Waals surface area contributed by atoms with E-state index < -0.39 is 0 Å². The molecule has 1 unspecified atom stereocenters. The number of rotatable bonds is 7. The molecule has 1 aliphatic rings. The van der Waals surface area contributed by atoms with Gasteiger partial charge in [-0.15, -0.1) is 5.10 Å². The number of benzene rings is 3. The molecule has 0 aromatic heterocycles. The number of likely N-dealkylation sites (N-methyl/N-ethyl adjacent to an activating group) is 1. The molecule has 183 valence electrons. The standard InChI is InChI=1S/C28H28ClN3O2.Co/c1-4-32-25-14-13-23(34-3)18-24(25)28(2,19-20-9-8-12-22(29)17-20)26(32)15-16-30-31-27(33)21-10-6-5-7-11-21;/h5-18H,4,19H2,1-3H3,(H,31,33);/b26-15-,30-16+;. The Morgan fingerprint density at radius 3 is 2.54 bits per heavy atom. The molecule has 0 spiro atoms. The number of nitrogens with zero attached hydrogens (tertiary/aromatic N) is 3. The first-order chi connectivity index (χ1) is 16.5. The number of aliphatic hydroxyl groups is 1. The minimum atomic E-state index is -0.345. The number of hydrogen-bond acceptors (Lipinski definition) is 4. The minimum absolute atomic E-state index is 0. The SMILES string of the molecule is CCN1\C(=C/C=N/N=C(\O)c2ccccc2)C(C)(Cc2cccc(Cl)c2)c2cc(OC)ccc21.[Co]. The fourth-order valence-electron chi connectivity index (χ4n) is 4.58. The number of allylic oxidation sites excluding steroid dienone is 2. The zero-order valence-corrected chi connectivity index (χ0v) is 21.7. The summed E-state index contributed by atoms with van der Waals surface area (Å²) in [5.41, 5.74) is 4.84. The molecule has 5 nitrogen and oxygen atoms in total. The minimum Gasteiger partial charge on any atom is -0.497 e. The molecular formula is C28H28ClCoN3O2. The maximum absolute atomic E-state index is 10.2. The van der Waals surface area contributed by atoms with E-state index in [0.29, 0.717) is 5.56 Å². The molecule has 1 heterocycles. The number of fused-ring (bicyclic) bond motifs is 1. The first-order valence-corrected chi connectivity index (χ1v) is 11.6. The van der Waals surface area contributed by atoms with Crippen LogP contribution in [0, 0.1) is 0 Å². The van der Waals surface area contributed by atoms with Gasteiger partial charge < -0.3 is 14.7 Å². The van der Waals surface area contributed by atoms with Crippen LogP contribution in [0.4, 0.5) is 5.69 Å². The topological polar surface area (TPSA) is 57.4 Å². The normalized spacial score (nSPS) is 18.6. The number of anilines is 1. The molecule has 0 saturated carbocycles. The third kappa shape index (κ3) is 5.61. The molecule has 1 radical (unpaired) electrons. The second-order valence-corrected chi connectivity index (χ2v) is 8.81. The van der Waals surface area contributed by atoms with Crippen molar-refractivity contribution in [1.29, 1.82) is 0 Å². The second-order valence-electron chi connectivity index (χ2n) is 8.37. The summed E-state index contributed by atoms with van der Waals surface area (Å²) in [7, 11) is 1.68. The van der Waals surface area contributed by atoms with Crippen LogP contribution >= 0.6 is 11.6 Å². The maximum atomic E-state index is 10.2. The summed E-state index contributed by atoms with van der Waals surface area (Å²) >= 11 is 6.29. The third-order valence-electron chi connectivity index (χ3n) is 6.19. The van der Waals surface area contributed by atoms with Gasteiger partial charge in [-0.25, -0.2) is 0 Å². The van der Waals surface area contributed by atoms with Gasteiger partial charge in [0.05, 0.1) is 13.3 Å². The molecule has 1 atom stereocenters. The second kappa shape index (κ2) is 11.6. The van der Waals surface area contributed by atoms with Gasteiger partial charge in [0.1, 0.15) is 5.75 Å². The van der Waals surface area contributed by atoms with Crippen molar-refractivity contribution in [3.05, 3.63) is 106 Å². The molecule has 3 aromatic carbocycles. The molecular weight excluding hydrogens is 505 g/mol. The van der Waals surface area contributed by atoms with Crippen LogP contribution in [-0.4, -0.2) is 30.9 Å². The molecule has 0 amide bonds. The fourth-order valence-corrected chi connectivity index (χ4v) is 4.79. The Morgan fingerprint density at radius 2 is 1.86 bits per heavy atom. The molecule has 1 N–H and O–H groups in total. The van der Waals surface area contributed by atoms with Gasteiger partial charge in [-0.05, 0) is 79.9 Å². The van der Waals surface area contributed by atoms with E-state index in [1.807, 2.05) is 48.5 Å². The van der Waals surface area contributed by atoms with E-state index in [0.717, 1.165) is 40.7 Å². The Hall–Kier alpha value is -3.06. The van der Waals surface area contributed by atoms with Crippen LogP contribution in [0.2, 0.25) is 5.02 Å². The Morgan fingerprint density at radius 1 is 1.09 bits per heavy atom. The van der Waals surface area contributed by atoms with Crippen LogP contribution in [0.3, 0.4) is 0 Å². The number of hydrogen-bond donors (Lipinski definition) is 1. The van der Waals surface area contributed by atoms with Gasteiger partial charge in [-0.1, -0.05) is 41.9 Å². The van der Waals surface area contributed by atoms with E-state index in [-0.39, 0.29) is 28.1 Å². The number of halogens is 1. The van der Waals surface area contributed by atoms with Crippen molar-refractivity contribution in [1.82, 2.24) is 0 Å².